The highest BCUT2D eigenvalue weighted by Crippen LogP contribution is 2.33. The van der Waals surface area contributed by atoms with Crippen LogP contribution >= 0.6 is 23.1 Å². The molecule has 0 bridgehead atoms. The number of aromatic nitrogens is 2. The second-order valence-electron chi connectivity index (χ2n) is 6.84. The van der Waals surface area contributed by atoms with Gasteiger partial charge in [0.1, 0.15) is 5.75 Å². The third kappa shape index (κ3) is 5.35. The van der Waals surface area contributed by atoms with Gasteiger partial charge in [-0.2, -0.15) is 0 Å². The van der Waals surface area contributed by atoms with Crippen LogP contribution < -0.4 is 15.4 Å². The molecule has 0 unspecified atom stereocenters. The predicted octanol–water partition coefficient (Wildman–Crippen LogP) is 4.47. The molecule has 2 N–H and O–H groups in total. The molecule has 2 aromatic rings. The Morgan fingerprint density at radius 3 is 2.85 bits per heavy atom. The fraction of sp³-hybridized carbons (Fsp3) is 0.526. The molecule has 1 aliphatic rings. The van der Waals surface area contributed by atoms with Crippen LogP contribution in [0.1, 0.15) is 39.5 Å². The Labute approximate surface area is 168 Å². The van der Waals surface area contributed by atoms with Crippen LogP contribution in [0.5, 0.6) is 5.75 Å². The maximum absolute atomic E-state index is 12.5. The third-order valence-corrected chi connectivity index (χ3v) is 6.86. The van der Waals surface area contributed by atoms with E-state index < -0.39 is 0 Å². The fourth-order valence-corrected chi connectivity index (χ4v) is 5.12. The topological polar surface area (TPSA) is 76.1 Å². The summed E-state index contributed by atoms with van der Waals surface area (Å²) in [5.41, 5.74) is 0.838. The van der Waals surface area contributed by atoms with E-state index in [0.717, 1.165) is 22.2 Å². The van der Waals surface area contributed by atoms with E-state index in [2.05, 4.69) is 27.8 Å². The average molecular weight is 407 g/mol. The van der Waals surface area contributed by atoms with Gasteiger partial charge in [-0.15, -0.1) is 10.2 Å². The molecule has 1 aliphatic carbocycles. The van der Waals surface area contributed by atoms with Crippen LogP contribution in [0.2, 0.25) is 0 Å². The van der Waals surface area contributed by atoms with Crippen molar-refractivity contribution in [3.05, 3.63) is 24.3 Å². The van der Waals surface area contributed by atoms with Gasteiger partial charge < -0.3 is 15.4 Å². The highest BCUT2D eigenvalue weighted by molar-refractivity contribution is 8.02. The molecule has 1 heterocycles. The summed E-state index contributed by atoms with van der Waals surface area (Å²) in [7, 11) is 1.63. The van der Waals surface area contributed by atoms with Crippen LogP contribution in [0.15, 0.2) is 28.6 Å². The number of amides is 1. The molecule has 3 rings (SSSR count). The van der Waals surface area contributed by atoms with Crippen LogP contribution in [0.25, 0.3) is 0 Å². The number of hydrogen-bond acceptors (Lipinski definition) is 7. The van der Waals surface area contributed by atoms with Gasteiger partial charge in [0.2, 0.25) is 11.0 Å². The first kappa shape index (κ1) is 19.9. The van der Waals surface area contributed by atoms with Gasteiger partial charge in [-0.1, -0.05) is 55.0 Å². The second-order valence-corrected chi connectivity index (χ2v) is 9.40. The Balaban J connectivity index is 1.55. The first-order valence-corrected chi connectivity index (χ1v) is 11.0. The number of rotatable bonds is 7. The van der Waals surface area contributed by atoms with Crippen LogP contribution in [-0.4, -0.2) is 34.5 Å². The van der Waals surface area contributed by atoms with Gasteiger partial charge in [-0.3, -0.25) is 4.79 Å². The number of carbonyl (C=O) groups is 1. The van der Waals surface area contributed by atoms with Crippen molar-refractivity contribution in [3.63, 3.8) is 0 Å². The van der Waals surface area contributed by atoms with Gasteiger partial charge in [0.05, 0.1) is 18.0 Å². The Morgan fingerprint density at radius 2 is 2.07 bits per heavy atom. The first-order chi connectivity index (χ1) is 13.1. The molecule has 0 aliphatic heterocycles. The van der Waals surface area contributed by atoms with E-state index in [0.29, 0.717) is 17.1 Å². The molecule has 1 aromatic heterocycles. The lowest BCUT2D eigenvalue weighted by Gasteiger charge is -2.30. The molecule has 0 radical (unpaired) electrons. The van der Waals surface area contributed by atoms with E-state index >= 15 is 0 Å². The van der Waals surface area contributed by atoms with E-state index in [4.69, 9.17) is 4.74 Å². The van der Waals surface area contributed by atoms with Gasteiger partial charge in [0, 0.05) is 6.04 Å². The van der Waals surface area contributed by atoms with E-state index in [-0.39, 0.29) is 11.2 Å². The largest absolute Gasteiger partial charge is 0.495 e. The summed E-state index contributed by atoms with van der Waals surface area (Å²) in [4.78, 5) is 12.5. The number of para-hydroxylation sites is 2. The zero-order valence-corrected chi connectivity index (χ0v) is 17.5. The van der Waals surface area contributed by atoms with Crippen LogP contribution in [0, 0.1) is 5.92 Å². The first-order valence-electron chi connectivity index (χ1n) is 9.27. The molecule has 1 saturated carbocycles. The average Bonchev–Trinajstić information content (AvgIpc) is 3.10. The molecule has 8 heteroatoms. The normalized spacial score (nSPS) is 20.7. The molecular formula is C19H26N4O2S2. The van der Waals surface area contributed by atoms with Crippen LogP contribution in [0.4, 0.5) is 10.8 Å². The lowest BCUT2D eigenvalue weighted by atomic mass is 9.86. The summed E-state index contributed by atoms with van der Waals surface area (Å²) < 4.78 is 6.11. The zero-order valence-electron chi connectivity index (χ0n) is 15.9. The van der Waals surface area contributed by atoms with Crippen molar-refractivity contribution in [1.29, 1.82) is 0 Å². The summed E-state index contributed by atoms with van der Waals surface area (Å²) in [6.07, 6.45) is 4.74. The van der Waals surface area contributed by atoms with Crippen molar-refractivity contribution >= 4 is 39.8 Å². The van der Waals surface area contributed by atoms with Crippen LogP contribution in [0.3, 0.4) is 0 Å². The lowest BCUT2D eigenvalue weighted by molar-refractivity contribution is -0.121. The molecule has 1 fully saturated rings. The predicted molar refractivity (Wildman–Crippen MR) is 111 cm³/mol. The SMILES string of the molecule is COc1ccccc1Nc1nnc(S[C@H](C)C(=O)N[C@H]2CCCC[C@H]2C)s1. The number of anilines is 2. The van der Waals surface area contributed by atoms with Crippen molar-refractivity contribution in [2.75, 3.05) is 12.4 Å². The Morgan fingerprint density at radius 1 is 1.30 bits per heavy atom. The molecule has 0 spiro atoms. The standard InChI is InChI=1S/C19H26N4O2S2/c1-12-8-4-5-9-14(12)20-17(24)13(2)26-19-23-22-18(27-19)21-15-10-6-7-11-16(15)25-3/h6-7,10-14H,4-5,8-9H2,1-3H3,(H,20,24)(H,21,22)/t12-,13-,14+/m1/s1. The van der Waals surface area contributed by atoms with E-state index in [1.807, 2.05) is 31.2 Å². The van der Waals surface area contributed by atoms with E-state index in [9.17, 15) is 4.79 Å². The zero-order chi connectivity index (χ0) is 19.2. The van der Waals surface area contributed by atoms with Crippen LogP contribution in [-0.2, 0) is 4.79 Å². The maximum atomic E-state index is 12.5. The van der Waals surface area contributed by atoms with Crippen molar-refractivity contribution in [1.82, 2.24) is 15.5 Å². The number of hydrogen-bond donors (Lipinski definition) is 2. The molecular weight excluding hydrogens is 380 g/mol. The maximum Gasteiger partial charge on any atom is 0.233 e. The number of ether oxygens (including phenoxy) is 1. The van der Waals surface area contributed by atoms with Gasteiger partial charge in [0.15, 0.2) is 4.34 Å². The van der Waals surface area contributed by atoms with Gasteiger partial charge >= 0.3 is 0 Å². The highest BCUT2D eigenvalue weighted by Gasteiger charge is 2.25. The van der Waals surface area contributed by atoms with Gasteiger partial charge in [-0.05, 0) is 37.8 Å². The Kier molecular flexibility index (Phi) is 6.95. The monoisotopic (exact) mass is 406 g/mol. The van der Waals surface area contributed by atoms with Crippen molar-refractivity contribution < 1.29 is 9.53 Å². The summed E-state index contributed by atoms with van der Waals surface area (Å²) in [5.74, 6) is 1.38. The van der Waals surface area contributed by atoms with Gasteiger partial charge in [0.25, 0.3) is 0 Å². The van der Waals surface area contributed by atoms with E-state index in [1.54, 1.807) is 7.11 Å². The van der Waals surface area contributed by atoms with E-state index in [1.165, 1.54) is 42.4 Å². The minimum absolute atomic E-state index is 0.0770. The molecule has 0 saturated heterocycles. The number of nitrogens with zero attached hydrogens (tertiary/aromatic N) is 2. The summed E-state index contributed by atoms with van der Waals surface area (Å²) in [6.45, 7) is 4.14. The number of carbonyl (C=O) groups excluding carboxylic acids is 1. The molecule has 1 amide bonds. The minimum Gasteiger partial charge on any atom is -0.495 e. The fourth-order valence-electron chi connectivity index (χ4n) is 3.21. The summed E-state index contributed by atoms with van der Waals surface area (Å²) in [6, 6.07) is 7.96. The van der Waals surface area contributed by atoms with Crippen molar-refractivity contribution in [2.45, 2.75) is 55.2 Å². The summed E-state index contributed by atoms with van der Waals surface area (Å²) in [5, 5.41) is 15.3. The lowest BCUT2D eigenvalue weighted by Crippen LogP contribution is -2.44. The summed E-state index contributed by atoms with van der Waals surface area (Å²) >= 11 is 2.88. The minimum atomic E-state index is -0.203. The smallest absolute Gasteiger partial charge is 0.233 e. The number of benzene rings is 1. The molecule has 3 atom stereocenters. The quantitative estimate of drug-likeness (QED) is 0.661. The molecule has 27 heavy (non-hydrogen) atoms. The number of thioether (sulfide) groups is 1. The third-order valence-electron chi connectivity index (χ3n) is 4.84. The van der Waals surface area contributed by atoms with Crippen molar-refractivity contribution in [3.8, 4) is 5.75 Å². The van der Waals surface area contributed by atoms with Crippen molar-refractivity contribution in [2.24, 2.45) is 5.92 Å². The molecule has 146 valence electrons. The van der Waals surface area contributed by atoms with Gasteiger partial charge in [-0.25, -0.2) is 0 Å². The second kappa shape index (κ2) is 9.41. The highest BCUT2D eigenvalue weighted by atomic mass is 32.2. The Hall–Kier alpha value is -1.80. The Bertz CT molecular complexity index is 768. The molecule has 6 nitrogen and oxygen atoms in total. The molecule has 1 aromatic carbocycles. The number of nitrogens with one attached hydrogen (secondary N) is 2. The number of methoxy groups -OCH3 is 1.